The van der Waals surface area contributed by atoms with E-state index in [4.69, 9.17) is 11.9 Å². The maximum Gasteiger partial charge on any atom is 1.00 e. The van der Waals surface area contributed by atoms with Gasteiger partial charge < -0.3 is 15.8 Å². The number of hydrogen-bond acceptors (Lipinski definition) is 1. The molecule has 4 heteroatoms. The van der Waals surface area contributed by atoms with Gasteiger partial charge in [0.05, 0.1) is 1.37 Å². The first-order valence-electron chi connectivity index (χ1n) is 5.29. The maximum atomic E-state index is 8.78. The minimum absolute atomic E-state index is 0. The first kappa shape index (κ1) is 18.4. The number of carbonyl (C=O) groups is 1. The minimum atomic E-state index is -1.33. The van der Waals surface area contributed by atoms with Crippen LogP contribution in [0.25, 0.3) is 11.1 Å². The van der Waals surface area contributed by atoms with Gasteiger partial charge in [-0.25, -0.2) is 0 Å². The van der Waals surface area contributed by atoms with Crippen molar-refractivity contribution in [2.75, 3.05) is 13.1 Å². The molecule has 0 aromatic carbocycles. The van der Waals surface area contributed by atoms with Gasteiger partial charge in [-0.15, -0.1) is 13.1 Å². The second-order valence-electron chi connectivity index (χ2n) is 5.76. The third kappa shape index (κ3) is 31.3. The summed E-state index contributed by atoms with van der Waals surface area (Å²) < 4.78 is 5.61. The molecule has 3 nitrogen and oxygen atoms in total. The summed E-state index contributed by atoms with van der Waals surface area (Å²) in [5.41, 5.74) is 6.32. The van der Waals surface area contributed by atoms with E-state index in [1.165, 1.54) is 0 Å². The van der Waals surface area contributed by atoms with Crippen LogP contribution in [0.2, 0.25) is 0 Å². The molecule has 0 aliphatic heterocycles. The van der Waals surface area contributed by atoms with Crippen LogP contribution in [0.5, 0.6) is 0 Å². The van der Waals surface area contributed by atoms with Crippen molar-refractivity contribution < 1.29 is 57.5 Å². The SMILES string of the molecule is CC(C)(C)C[N-]CC(C)(C)C.[3H]C([NH-])=O.[K+]. The second kappa shape index (κ2) is 10.2. The zero-order valence-electron chi connectivity index (χ0n) is 12.3. The number of nitrogens with one attached hydrogen (secondary N) is 1. The molecule has 0 aliphatic rings. The van der Waals surface area contributed by atoms with Gasteiger partial charge >= 0.3 is 51.4 Å². The molecule has 0 spiro atoms. The van der Waals surface area contributed by atoms with Gasteiger partial charge in [-0.05, 0) is 0 Å². The Morgan fingerprint density at radius 2 is 1.33 bits per heavy atom. The Hall–Kier alpha value is 1.07. The zero-order chi connectivity index (χ0) is 12.7. The summed E-state index contributed by atoms with van der Waals surface area (Å²) in [5, 5.41) is 4.51. The monoisotopic (exact) mass is 241 g/mol. The molecular weight excluding hydrogens is 215 g/mol. The fraction of sp³-hybridized carbons (Fsp3) is 0.909. The quantitative estimate of drug-likeness (QED) is 0.517. The van der Waals surface area contributed by atoms with Crippen molar-refractivity contribution in [3.05, 3.63) is 11.1 Å². The maximum absolute atomic E-state index is 8.78. The Bertz CT molecular complexity index is 167. The van der Waals surface area contributed by atoms with Crippen LogP contribution in [0.3, 0.4) is 0 Å². The smallest absolute Gasteiger partial charge is 0.671 e. The van der Waals surface area contributed by atoms with Crippen molar-refractivity contribution in [2.45, 2.75) is 41.5 Å². The molecular formula is C11H24KN2O-. The van der Waals surface area contributed by atoms with Crippen molar-refractivity contribution in [3.8, 4) is 0 Å². The van der Waals surface area contributed by atoms with Crippen molar-refractivity contribution >= 4 is 6.39 Å². The average Bonchev–Trinajstić information content (AvgIpc) is 1.77. The second-order valence-corrected chi connectivity index (χ2v) is 5.76. The first-order chi connectivity index (χ1) is 6.44. The van der Waals surface area contributed by atoms with E-state index in [0.717, 1.165) is 13.1 Å². The third-order valence-corrected chi connectivity index (χ3v) is 1.17. The number of hydrogen-bond donors (Lipinski definition) is 0. The molecule has 86 valence electrons. The Morgan fingerprint density at radius 3 is 1.47 bits per heavy atom. The minimum Gasteiger partial charge on any atom is -0.671 e. The molecule has 0 atom stereocenters. The van der Waals surface area contributed by atoms with E-state index in [1.54, 1.807) is 0 Å². The van der Waals surface area contributed by atoms with E-state index in [0.29, 0.717) is 10.8 Å². The molecule has 0 saturated heterocycles. The summed E-state index contributed by atoms with van der Waals surface area (Å²) in [6.07, 6.45) is -1.33. The summed E-state index contributed by atoms with van der Waals surface area (Å²) in [7, 11) is 0. The van der Waals surface area contributed by atoms with Gasteiger partial charge in [-0.1, -0.05) is 52.4 Å². The number of nitrogens with zero attached hydrogens (tertiary/aromatic N) is 1. The largest absolute Gasteiger partial charge is 1.00 e. The fourth-order valence-electron chi connectivity index (χ4n) is 0.727. The van der Waals surface area contributed by atoms with Crippen LogP contribution in [0.1, 0.15) is 42.9 Å². The molecule has 0 aromatic heterocycles. The van der Waals surface area contributed by atoms with Crippen LogP contribution in [0.15, 0.2) is 0 Å². The Morgan fingerprint density at radius 1 is 1.13 bits per heavy atom. The predicted molar refractivity (Wildman–Crippen MR) is 62.4 cm³/mol. The van der Waals surface area contributed by atoms with Gasteiger partial charge in [0.1, 0.15) is 0 Å². The standard InChI is InChI=1S/C10H22N.CH3NO.K/c1-9(2,3)7-11-8-10(4,5)6;2-1-3;/h7-8H2,1-6H3;1H,(H2,2,3);/q-1;;+1/p-1/i;1T;. The summed E-state index contributed by atoms with van der Waals surface area (Å²) in [6, 6.07) is 0. The first-order valence-corrected chi connectivity index (χ1v) is 4.79. The van der Waals surface area contributed by atoms with Gasteiger partial charge in [0.2, 0.25) is 0 Å². The van der Waals surface area contributed by atoms with Crippen LogP contribution in [-0.2, 0) is 4.79 Å². The van der Waals surface area contributed by atoms with E-state index in [2.05, 4.69) is 46.9 Å². The molecule has 0 bridgehead atoms. The molecule has 0 saturated carbocycles. The van der Waals surface area contributed by atoms with E-state index in [-0.39, 0.29) is 51.4 Å². The number of carbonyl (C=O) groups excluding carboxylic acids is 1. The zero-order valence-corrected chi connectivity index (χ0v) is 14.4. The normalized spacial score (nSPS) is 11.7. The molecule has 15 heavy (non-hydrogen) atoms. The summed E-state index contributed by atoms with van der Waals surface area (Å²) in [6.45, 7) is 15.3. The molecule has 0 aromatic rings. The van der Waals surface area contributed by atoms with Gasteiger partial charge in [0.15, 0.2) is 0 Å². The van der Waals surface area contributed by atoms with E-state index in [1.807, 2.05) is 0 Å². The van der Waals surface area contributed by atoms with Crippen molar-refractivity contribution in [1.29, 1.82) is 0 Å². The van der Waals surface area contributed by atoms with E-state index >= 15 is 0 Å². The molecule has 0 unspecified atom stereocenters. The average molecular weight is 241 g/mol. The molecule has 0 fully saturated rings. The Kier molecular flexibility index (Phi) is 12.6. The van der Waals surface area contributed by atoms with Crippen LogP contribution in [-0.4, -0.2) is 19.5 Å². The van der Waals surface area contributed by atoms with E-state index < -0.39 is 6.39 Å². The van der Waals surface area contributed by atoms with Crippen molar-refractivity contribution in [1.82, 2.24) is 0 Å². The topological polar surface area (TPSA) is 55.0 Å². The van der Waals surface area contributed by atoms with Crippen LogP contribution < -0.4 is 51.4 Å². The van der Waals surface area contributed by atoms with Crippen LogP contribution in [0.4, 0.5) is 0 Å². The predicted octanol–water partition coefficient (Wildman–Crippen LogP) is 0.651. The van der Waals surface area contributed by atoms with Gasteiger partial charge in [-0.2, -0.15) is 0 Å². The molecule has 1 N–H and O–H groups in total. The molecule has 0 rings (SSSR count). The molecule has 0 radical (unpaired) electrons. The number of rotatable bonds is 2. The van der Waals surface area contributed by atoms with Crippen LogP contribution in [0, 0.1) is 10.8 Å². The fourth-order valence-corrected chi connectivity index (χ4v) is 0.727. The summed E-state index contributed by atoms with van der Waals surface area (Å²) in [5.74, 6) is 0. The van der Waals surface area contributed by atoms with E-state index in [9.17, 15) is 0 Å². The van der Waals surface area contributed by atoms with Gasteiger partial charge in [0, 0.05) is 6.39 Å². The van der Waals surface area contributed by atoms with Crippen molar-refractivity contribution in [2.24, 2.45) is 10.8 Å². The molecule has 1 amide bonds. The van der Waals surface area contributed by atoms with Gasteiger partial charge in [-0.3, -0.25) is 0 Å². The third-order valence-electron chi connectivity index (χ3n) is 1.17. The van der Waals surface area contributed by atoms with Crippen LogP contribution >= 0.6 is 0 Å². The molecule has 0 heterocycles. The Labute approximate surface area is 139 Å². The summed E-state index contributed by atoms with van der Waals surface area (Å²) in [4.78, 5) is 8.78. The Balaban J connectivity index is -0.000000292. The summed E-state index contributed by atoms with van der Waals surface area (Å²) >= 11 is 0. The number of amides is 1. The van der Waals surface area contributed by atoms with Crippen molar-refractivity contribution in [3.63, 3.8) is 0 Å². The van der Waals surface area contributed by atoms with Gasteiger partial charge in [0.25, 0.3) is 0 Å². The molecule has 0 aliphatic carbocycles.